The van der Waals surface area contributed by atoms with E-state index in [9.17, 15) is 5.11 Å². The van der Waals surface area contributed by atoms with Gasteiger partial charge < -0.3 is 14.3 Å². The molecule has 0 spiro atoms. The lowest BCUT2D eigenvalue weighted by Crippen LogP contribution is -1.89. The van der Waals surface area contributed by atoms with Gasteiger partial charge in [0, 0.05) is 21.8 Å². The average Bonchev–Trinajstić information content (AvgIpc) is 3.14. The fourth-order valence-electron chi connectivity index (χ4n) is 2.89. The summed E-state index contributed by atoms with van der Waals surface area (Å²) in [5, 5.41) is 10.2. The Hall–Kier alpha value is -3.12. The number of aryl methyl sites for hydroxylation is 1. The Bertz CT molecular complexity index is 1180. The largest absolute Gasteiger partial charge is 0.504 e. The minimum atomic E-state index is 0.0490. The maximum atomic E-state index is 10.2. The number of halogens is 1. The van der Waals surface area contributed by atoms with Crippen LogP contribution < -0.4 is 4.74 Å². The molecule has 0 atom stereocenters. The number of ether oxygens (including phenoxy) is 1. The fourth-order valence-corrected chi connectivity index (χ4v) is 3.35. The summed E-state index contributed by atoms with van der Waals surface area (Å²) in [6.07, 6.45) is 1.60. The van der Waals surface area contributed by atoms with E-state index in [1.54, 1.807) is 18.3 Å². The molecule has 0 radical (unpaired) electrons. The van der Waals surface area contributed by atoms with Crippen LogP contribution in [0.3, 0.4) is 0 Å². The van der Waals surface area contributed by atoms with E-state index in [0.29, 0.717) is 17.2 Å². The van der Waals surface area contributed by atoms with Gasteiger partial charge in [-0.05, 0) is 55.0 Å². The summed E-state index contributed by atoms with van der Waals surface area (Å²) in [6, 6.07) is 16.9. The number of oxazole rings is 1. The lowest BCUT2D eigenvalue weighted by molar-refractivity contribution is 0.373. The third-order valence-electron chi connectivity index (χ3n) is 4.38. The van der Waals surface area contributed by atoms with E-state index < -0.39 is 0 Å². The van der Waals surface area contributed by atoms with Crippen molar-refractivity contribution in [3.8, 4) is 23.0 Å². The number of hydrogen-bond acceptors (Lipinski definition) is 5. The van der Waals surface area contributed by atoms with E-state index in [4.69, 9.17) is 9.15 Å². The van der Waals surface area contributed by atoms with Crippen LogP contribution in [0.2, 0.25) is 0 Å². The van der Waals surface area contributed by atoms with Crippen LogP contribution in [0.1, 0.15) is 11.1 Å². The molecule has 4 rings (SSSR count). The summed E-state index contributed by atoms with van der Waals surface area (Å²) in [4.78, 5) is 9.02. The van der Waals surface area contributed by atoms with Crippen LogP contribution in [0.15, 0.2) is 68.5 Å². The molecule has 0 saturated carbocycles. The Morgan fingerprint density at radius 2 is 1.93 bits per heavy atom. The first-order chi connectivity index (χ1) is 13.5. The number of aromatic hydroxyl groups is 1. The first-order valence-corrected chi connectivity index (χ1v) is 9.41. The van der Waals surface area contributed by atoms with Gasteiger partial charge in [-0.1, -0.05) is 28.1 Å². The second-order valence-electron chi connectivity index (χ2n) is 6.29. The van der Waals surface area contributed by atoms with E-state index >= 15 is 0 Å². The van der Waals surface area contributed by atoms with Crippen LogP contribution in [-0.4, -0.2) is 23.4 Å². The number of aromatic nitrogens is 1. The molecular formula is C22H17BrN2O3. The number of benzene rings is 3. The molecule has 1 heterocycles. The third kappa shape index (κ3) is 3.51. The molecule has 0 unspecified atom stereocenters. The van der Waals surface area contributed by atoms with E-state index in [1.807, 2.05) is 49.4 Å². The Labute approximate surface area is 170 Å². The van der Waals surface area contributed by atoms with E-state index in [1.165, 1.54) is 7.11 Å². The van der Waals surface area contributed by atoms with Crippen molar-refractivity contribution >= 4 is 38.9 Å². The van der Waals surface area contributed by atoms with Gasteiger partial charge >= 0.3 is 0 Å². The molecule has 0 fully saturated rings. The lowest BCUT2D eigenvalue weighted by Gasteiger charge is -2.06. The summed E-state index contributed by atoms with van der Waals surface area (Å²) < 4.78 is 11.8. The minimum absolute atomic E-state index is 0.0490. The van der Waals surface area contributed by atoms with E-state index in [2.05, 4.69) is 25.9 Å². The molecule has 1 aromatic heterocycles. The van der Waals surface area contributed by atoms with Crippen molar-refractivity contribution in [3.63, 3.8) is 0 Å². The van der Waals surface area contributed by atoms with E-state index in [-0.39, 0.29) is 5.75 Å². The molecule has 6 heteroatoms. The number of rotatable bonds is 4. The smallest absolute Gasteiger partial charge is 0.227 e. The highest BCUT2D eigenvalue weighted by Gasteiger charge is 2.10. The minimum Gasteiger partial charge on any atom is -0.504 e. The van der Waals surface area contributed by atoms with Gasteiger partial charge in [0.25, 0.3) is 0 Å². The summed E-state index contributed by atoms with van der Waals surface area (Å²) in [5.74, 6) is 1.01. The van der Waals surface area contributed by atoms with Gasteiger partial charge in [-0.3, -0.25) is 4.99 Å². The molecule has 0 aliphatic heterocycles. The maximum Gasteiger partial charge on any atom is 0.227 e. The van der Waals surface area contributed by atoms with Crippen LogP contribution in [0.5, 0.6) is 11.5 Å². The van der Waals surface area contributed by atoms with Crippen LogP contribution >= 0.6 is 15.9 Å². The topological polar surface area (TPSA) is 67.9 Å². The van der Waals surface area contributed by atoms with Gasteiger partial charge in [0.15, 0.2) is 17.1 Å². The molecular weight excluding hydrogens is 420 g/mol. The molecule has 4 aromatic rings. The molecule has 0 saturated heterocycles. The summed E-state index contributed by atoms with van der Waals surface area (Å²) in [7, 11) is 1.51. The number of para-hydroxylation sites is 1. The number of methoxy groups -OCH3 is 1. The number of fused-ring (bicyclic) bond motifs is 1. The predicted octanol–water partition coefficient (Wildman–Crippen LogP) is 6.03. The highest BCUT2D eigenvalue weighted by atomic mass is 79.9. The predicted molar refractivity (Wildman–Crippen MR) is 114 cm³/mol. The van der Waals surface area contributed by atoms with Crippen LogP contribution in [0, 0.1) is 6.92 Å². The zero-order chi connectivity index (χ0) is 19.7. The quantitative estimate of drug-likeness (QED) is 0.396. The molecule has 140 valence electrons. The van der Waals surface area contributed by atoms with Crippen molar-refractivity contribution < 1.29 is 14.3 Å². The number of nitrogens with zero attached hydrogens (tertiary/aromatic N) is 2. The first-order valence-electron chi connectivity index (χ1n) is 8.62. The van der Waals surface area contributed by atoms with Gasteiger partial charge in [-0.2, -0.15) is 0 Å². The zero-order valence-electron chi connectivity index (χ0n) is 15.3. The lowest BCUT2D eigenvalue weighted by atomic mass is 10.2. The molecule has 0 aliphatic rings. The van der Waals surface area contributed by atoms with Crippen LogP contribution in [0.4, 0.5) is 5.69 Å². The summed E-state index contributed by atoms with van der Waals surface area (Å²) in [6.45, 7) is 2.01. The Kier molecular flexibility index (Phi) is 4.88. The van der Waals surface area contributed by atoms with Gasteiger partial charge in [0.1, 0.15) is 5.52 Å². The van der Waals surface area contributed by atoms with Crippen molar-refractivity contribution in [2.24, 2.45) is 4.99 Å². The summed E-state index contributed by atoms with van der Waals surface area (Å²) >= 11 is 3.40. The van der Waals surface area contributed by atoms with Crippen LogP contribution in [-0.2, 0) is 0 Å². The van der Waals surface area contributed by atoms with Crippen LogP contribution in [0.25, 0.3) is 22.6 Å². The van der Waals surface area contributed by atoms with Crippen molar-refractivity contribution in [1.29, 1.82) is 0 Å². The Balaban J connectivity index is 1.61. The number of hydrogen-bond donors (Lipinski definition) is 1. The Morgan fingerprint density at radius 1 is 1.14 bits per heavy atom. The molecule has 5 nitrogen and oxygen atoms in total. The normalized spacial score (nSPS) is 11.4. The van der Waals surface area contributed by atoms with Crippen molar-refractivity contribution in [2.45, 2.75) is 6.92 Å². The highest BCUT2D eigenvalue weighted by Crippen LogP contribution is 2.33. The third-order valence-corrected chi connectivity index (χ3v) is 4.83. The average molecular weight is 437 g/mol. The zero-order valence-corrected chi connectivity index (χ0v) is 16.9. The standard InChI is InChI=1S/C22H17BrN2O3/c1-13-4-3-5-18-20(13)25-22(28-18)14-6-8-17(9-7-14)24-12-15-10-16(23)11-19(27-2)21(15)26/h3-12,26H,1-2H3. The van der Waals surface area contributed by atoms with Gasteiger partial charge in [-0.15, -0.1) is 0 Å². The fraction of sp³-hybridized carbons (Fsp3) is 0.0909. The second kappa shape index (κ2) is 7.48. The highest BCUT2D eigenvalue weighted by molar-refractivity contribution is 9.10. The molecule has 0 bridgehead atoms. The number of phenols is 1. The second-order valence-corrected chi connectivity index (χ2v) is 7.21. The van der Waals surface area contributed by atoms with Crippen molar-refractivity contribution in [3.05, 3.63) is 70.2 Å². The monoisotopic (exact) mass is 436 g/mol. The molecule has 3 aromatic carbocycles. The summed E-state index contributed by atoms with van der Waals surface area (Å²) in [5.41, 5.74) is 4.91. The van der Waals surface area contributed by atoms with Gasteiger partial charge in [0.05, 0.1) is 12.8 Å². The first kappa shape index (κ1) is 18.3. The van der Waals surface area contributed by atoms with Crippen molar-refractivity contribution in [1.82, 2.24) is 4.98 Å². The van der Waals surface area contributed by atoms with E-state index in [0.717, 1.165) is 32.4 Å². The maximum absolute atomic E-state index is 10.2. The van der Waals surface area contributed by atoms with Crippen molar-refractivity contribution in [2.75, 3.05) is 7.11 Å². The molecule has 28 heavy (non-hydrogen) atoms. The molecule has 0 amide bonds. The number of phenolic OH excluding ortho intramolecular Hbond substituents is 1. The van der Waals surface area contributed by atoms with Gasteiger partial charge in [0.2, 0.25) is 5.89 Å². The Morgan fingerprint density at radius 3 is 2.64 bits per heavy atom. The molecule has 1 N–H and O–H groups in total. The SMILES string of the molecule is COc1cc(Br)cc(C=Nc2ccc(-c3nc4c(C)cccc4o3)cc2)c1O. The molecule has 0 aliphatic carbocycles. The number of aliphatic imine (C=N–C) groups is 1. The van der Waals surface area contributed by atoms with Gasteiger partial charge in [-0.25, -0.2) is 4.98 Å².